The molecule has 2 heterocycles. The third-order valence-corrected chi connectivity index (χ3v) is 3.29. The Morgan fingerprint density at radius 2 is 2.11 bits per heavy atom. The second-order valence-corrected chi connectivity index (χ2v) is 4.52. The molecule has 3 aromatic rings. The molecule has 2 N–H and O–H groups in total. The first-order valence-corrected chi connectivity index (χ1v) is 5.92. The normalized spacial score (nSPS) is 10.9. The molecule has 2 aromatic heterocycles. The van der Waals surface area contributed by atoms with Crippen LogP contribution in [0.4, 0.5) is 0 Å². The van der Waals surface area contributed by atoms with Crippen LogP contribution in [0.2, 0.25) is 0 Å². The number of rotatable bonds is 1. The number of nitrogens with one attached hydrogen (secondary N) is 1. The Bertz CT molecular complexity index is 846. The van der Waals surface area contributed by atoms with E-state index in [1.165, 1.54) is 11.3 Å². The van der Waals surface area contributed by atoms with Gasteiger partial charge in [-0.15, -0.1) is 11.3 Å². The van der Waals surface area contributed by atoms with E-state index in [0.29, 0.717) is 5.69 Å². The quantitative estimate of drug-likeness (QED) is 0.679. The van der Waals surface area contributed by atoms with Gasteiger partial charge in [0.2, 0.25) is 5.88 Å². The summed E-state index contributed by atoms with van der Waals surface area (Å²) in [5, 5.41) is 9.68. The van der Waals surface area contributed by atoms with E-state index in [9.17, 15) is 14.7 Å². The van der Waals surface area contributed by atoms with Gasteiger partial charge in [0.1, 0.15) is 0 Å². The number of hydrogen-bond acceptors (Lipinski definition) is 5. The lowest BCUT2D eigenvalue weighted by Crippen LogP contribution is -2.27. The highest BCUT2D eigenvalue weighted by Crippen LogP contribution is 2.22. The molecule has 0 aliphatic heterocycles. The molecule has 3 rings (SSSR count). The van der Waals surface area contributed by atoms with E-state index in [4.69, 9.17) is 0 Å². The van der Waals surface area contributed by atoms with Crippen LogP contribution in [0.1, 0.15) is 0 Å². The number of aromatic nitrogens is 3. The third kappa shape index (κ3) is 1.61. The summed E-state index contributed by atoms with van der Waals surface area (Å²) in [5.41, 5.74) is 1.69. The number of benzene rings is 1. The van der Waals surface area contributed by atoms with E-state index in [-0.39, 0.29) is 0 Å². The van der Waals surface area contributed by atoms with Crippen LogP contribution in [-0.2, 0) is 0 Å². The lowest BCUT2D eigenvalue weighted by atomic mass is 10.3. The highest BCUT2D eigenvalue weighted by Gasteiger charge is 2.08. The van der Waals surface area contributed by atoms with Crippen molar-refractivity contribution < 1.29 is 5.11 Å². The summed E-state index contributed by atoms with van der Waals surface area (Å²) < 4.78 is 1.92. The minimum absolute atomic E-state index is 0.396. The van der Waals surface area contributed by atoms with Crippen molar-refractivity contribution in [2.45, 2.75) is 0 Å². The van der Waals surface area contributed by atoms with Gasteiger partial charge in [-0.1, -0.05) is 0 Å². The summed E-state index contributed by atoms with van der Waals surface area (Å²) in [6, 6.07) is 6.09. The Kier molecular flexibility index (Phi) is 2.27. The SMILES string of the molecule is O=c1cc(O)n(-c2ccc3ncsc3c2)c(=O)[nH]1. The number of aromatic amines is 1. The van der Waals surface area contributed by atoms with E-state index in [1.807, 2.05) is 0 Å². The zero-order valence-electron chi connectivity index (χ0n) is 8.95. The van der Waals surface area contributed by atoms with Crippen molar-refractivity contribution >= 4 is 21.6 Å². The first-order chi connectivity index (χ1) is 8.65. The number of hydrogen-bond donors (Lipinski definition) is 2. The molecule has 0 aliphatic rings. The van der Waals surface area contributed by atoms with Crippen LogP contribution >= 0.6 is 11.3 Å². The van der Waals surface area contributed by atoms with Crippen LogP contribution in [0.15, 0.2) is 39.4 Å². The van der Waals surface area contributed by atoms with Crippen LogP contribution in [0.5, 0.6) is 5.88 Å². The molecule has 1 aromatic carbocycles. The predicted molar refractivity (Wildman–Crippen MR) is 67.5 cm³/mol. The molecule has 18 heavy (non-hydrogen) atoms. The molecule has 0 radical (unpaired) electrons. The van der Waals surface area contributed by atoms with Gasteiger partial charge < -0.3 is 5.11 Å². The fourth-order valence-electron chi connectivity index (χ4n) is 1.72. The summed E-state index contributed by atoms with van der Waals surface area (Å²) in [7, 11) is 0. The van der Waals surface area contributed by atoms with Gasteiger partial charge in [0.05, 0.1) is 27.5 Å². The van der Waals surface area contributed by atoms with E-state index in [0.717, 1.165) is 20.9 Å². The lowest BCUT2D eigenvalue weighted by Gasteiger charge is -2.06. The van der Waals surface area contributed by atoms with Crippen LogP contribution < -0.4 is 11.2 Å². The fourth-order valence-corrected chi connectivity index (χ4v) is 2.43. The van der Waals surface area contributed by atoms with E-state index >= 15 is 0 Å². The van der Waals surface area contributed by atoms with Crippen molar-refractivity contribution in [3.63, 3.8) is 0 Å². The maximum atomic E-state index is 11.7. The molecule has 0 aliphatic carbocycles. The topological polar surface area (TPSA) is 88.0 Å². The number of fused-ring (bicyclic) bond motifs is 1. The summed E-state index contributed by atoms with van der Waals surface area (Å²) >= 11 is 1.43. The van der Waals surface area contributed by atoms with Crippen LogP contribution in [-0.4, -0.2) is 19.6 Å². The molecule has 6 nitrogen and oxygen atoms in total. The van der Waals surface area contributed by atoms with E-state index in [1.54, 1.807) is 23.7 Å². The third-order valence-electron chi connectivity index (χ3n) is 2.50. The fraction of sp³-hybridized carbons (Fsp3) is 0. The summed E-state index contributed by atoms with van der Waals surface area (Å²) in [6.45, 7) is 0. The number of thiazole rings is 1. The number of nitrogens with zero attached hydrogens (tertiary/aromatic N) is 2. The Morgan fingerprint density at radius 3 is 2.89 bits per heavy atom. The maximum Gasteiger partial charge on any atom is 0.335 e. The van der Waals surface area contributed by atoms with Gasteiger partial charge in [0.15, 0.2) is 0 Å². The average molecular weight is 261 g/mol. The van der Waals surface area contributed by atoms with Crippen molar-refractivity contribution in [1.82, 2.24) is 14.5 Å². The summed E-state index contributed by atoms with van der Waals surface area (Å²) in [5.74, 6) is -0.396. The van der Waals surface area contributed by atoms with Gasteiger partial charge in [-0.05, 0) is 18.2 Å². The first-order valence-electron chi connectivity index (χ1n) is 5.04. The molecule has 0 spiro atoms. The molecular weight excluding hydrogens is 254 g/mol. The molecule has 90 valence electrons. The zero-order valence-corrected chi connectivity index (χ0v) is 9.77. The predicted octanol–water partition coefficient (Wildman–Crippen LogP) is 0.841. The minimum atomic E-state index is -0.677. The number of aromatic hydroxyl groups is 1. The van der Waals surface area contributed by atoms with Gasteiger partial charge in [-0.3, -0.25) is 9.78 Å². The molecule has 0 saturated carbocycles. The molecular formula is C11H7N3O3S. The Labute approximate surface area is 104 Å². The second-order valence-electron chi connectivity index (χ2n) is 3.64. The van der Waals surface area contributed by atoms with Crippen molar-refractivity contribution in [2.24, 2.45) is 0 Å². The van der Waals surface area contributed by atoms with Crippen molar-refractivity contribution in [2.75, 3.05) is 0 Å². The molecule has 0 atom stereocenters. The van der Waals surface area contributed by atoms with E-state index in [2.05, 4.69) is 9.97 Å². The van der Waals surface area contributed by atoms with Crippen molar-refractivity contribution in [1.29, 1.82) is 0 Å². The lowest BCUT2D eigenvalue weighted by molar-refractivity contribution is 0.431. The molecule has 7 heteroatoms. The van der Waals surface area contributed by atoms with Crippen molar-refractivity contribution in [3.05, 3.63) is 50.6 Å². The molecule has 0 amide bonds. The molecule has 0 bridgehead atoms. The van der Waals surface area contributed by atoms with E-state index < -0.39 is 17.1 Å². The standard InChI is InChI=1S/C11H7N3O3S/c15-9-4-10(16)14(11(17)13-9)6-1-2-7-8(3-6)18-5-12-7/h1-5,16H,(H,13,15,17). The van der Waals surface area contributed by atoms with Gasteiger partial charge in [0.25, 0.3) is 5.56 Å². The first kappa shape index (κ1) is 10.7. The smallest absolute Gasteiger partial charge is 0.335 e. The molecule has 0 unspecified atom stereocenters. The second kappa shape index (κ2) is 3.81. The Morgan fingerprint density at radius 1 is 1.28 bits per heavy atom. The molecule has 0 fully saturated rings. The maximum absolute atomic E-state index is 11.7. The monoisotopic (exact) mass is 261 g/mol. The molecule has 0 saturated heterocycles. The average Bonchev–Trinajstić information content (AvgIpc) is 2.74. The van der Waals surface area contributed by atoms with Gasteiger partial charge in [-0.2, -0.15) is 0 Å². The highest BCUT2D eigenvalue weighted by molar-refractivity contribution is 7.16. The summed E-state index contributed by atoms with van der Waals surface area (Å²) in [4.78, 5) is 28.9. The highest BCUT2D eigenvalue weighted by atomic mass is 32.1. The van der Waals surface area contributed by atoms with Crippen LogP contribution in [0.25, 0.3) is 15.9 Å². The Hall–Kier alpha value is -2.41. The largest absolute Gasteiger partial charge is 0.494 e. The minimum Gasteiger partial charge on any atom is -0.494 e. The van der Waals surface area contributed by atoms with Crippen LogP contribution in [0, 0.1) is 0 Å². The van der Waals surface area contributed by atoms with Crippen molar-refractivity contribution in [3.8, 4) is 11.6 Å². The van der Waals surface area contributed by atoms with Gasteiger partial charge >= 0.3 is 5.69 Å². The zero-order chi connectivity index (χ0) is 12.7. The number of H-pyrrole nitrogens is 1. The Balaban J connectivity index is 2.32. The van der Waals surface area contributed by atoms with Gasteiger partial charge in [-0.25, -0.2) is 14.3 Å². The van der Waals surface area contributed by atoms with Gasteiger partial charge in [0, 0.05) is 0 Å². The van der Waals surface area contributed by atoms with Crippen LogP contribution in [0.3, 0.4) is 0 Å². The summed E-state index contributed by atoms with van der Waals surface area (Å²) in [6.07, 6.45) is 0.